The molecule has 1 unspecified atom stereocenters. The van der Waals surface area contributed by atoms with Crippen molar-refractivity contribution in [2.24, 2.45) is 0 Å². The molecule has 2 N–H and O–H groups in total. The topological polar surface area (TPSA) is 59.1 Å². The fourth-order valence-corrected chi connectivity index (χ4v) is 3.06. The van der Waals surface area contributed by atoms with Crippen LogP contribution in [0, 0.1) is 0 Å². The molecule has 1 aromatic heterocycles. The maximum absolute atomic E-state index is 13.6. The number of nitrogens with one attached hydrogen (secondary N) is 2. The van der Waals surface area contributed by atoms with Gasteiger partial charge in [-0.2, -0.15) is 18.2 Å². The average Bonchev–Trinajstić information content (AvgIpc) is 2.76. The summed E-state index contributed by atoms with van der Waals surface area (Å²) in [6.07, 6.45) is -1.20. The minimum atomic E-state index is -4.59. The zero-order valence-corrected chi connectivity index (χ0v) is 18.3. The van der Waals surface area contributed by atoms with Crippen molar-refractivity contribution in [3.05, 3.63) is 65.9 Å². The van der Waals surface area contributed by atoms with E-state index < -0.39 is 11.7 Å². The molecule has 0 aliphatic carbocycles. The van der Waals surface area contributed by atoms with Gasteiger partial charge in [0.2, 0.25) is 5.95 Å². The third kappa shape index (κ3) is 6.12. The summed E-state index contributed by atoms with van der Waals surface area (Å²) in [5.74, 6) is 0.479. The SMILES string of the molecule is CCCc1ccccc1Nc1nc(Nc2ccc(OC(C)CC)cc2)ncc1C(F)(F)F. The Hall–Kier alpha value is -3.29. The van der Waals surface area contributed by atoms with Crippen LogP contribution in [0.2, 0.25) is 0 Å². The molecule has 0 aliphatic rings. The highest BCUT2D eigenvalue weighted by molar-refractivity contribution is 5.65. The van der Waals surface area contributed by atoms with E-state index >= 15 is 0 Å². The number of hydrogen-bond acceptors (Lipinski definition) is 5. The predicted molar refractivity (Wildman–Crippen MR) is 121 cm³/mol. The fourth-order valence-electron chi connectivity index (χ4n) is 3.06. The molecule has 0 fully saturated rings. The molecule has 3 rings (SSSR count). The number of hydrogen-bond donors (Lipinski definition) is 2. The van der Waals surface area contributed by atoms with Crippen molar-refractivity contribution in [3.63, 3.8) is 0 Å². The molecule has 32 heavy (non-hydrogen) atoms. The lowest BCUT2D eigenvalue weighted by molar-refractivity contribution is -0.137. The Labute approximate surface area is 186 Å². The minimum absolute atomic E-state index is 0.0593. The van der Waals surface area contributed by atoms with Gasteiger partial charge in [0.25, 0.3) is 0 Å². The van der Waals surface area contributed by atoms with Crippen LogP contribution in [-0.2, 0) is 12.6 Å². The Kier molecular flexibility index (Phi) is 7.56. The van der Waals surface area contributed by atoms with Gasteiger partial charge >= 0.3 is 6.18 Å². The summed E-state index contributed by atoms with van der Waals surface area (Å²) in [5, 5.41) is 5.82. The molecule has 1 atom stereocenters. The maximum Gasteiger partial charge on any atom is 0.421 e. The number of ether oxygens (including phenoxy) is 1. The predicted octanol–water partition coefficient (Wildman–Crippen LogP) is 7.11. The molecular weight excluding hydrogens is 417 g/mol. The van der Waals surface area contributed by atoms with Gasteiger partial charge < -0.3 is 15.4 Å². The molecule has 0 saturated carbocycles. The van der Waals surface area contributed by atoms with Crippen LogP contribution >= 0.6 is 0 Å². The van der Waals surface area contributed by atoms with E-state index in [1.165, 1.54) is 0 Å². The Bertz CT molecular complexity index is 1020. The van der Waals surface area contributed by atoms with E-state index in [1.807, 2.05) is 32.9 Å². The van der Waals surface area contributed by atoms with E-state index in [0.29, 0.717) is 17.1 Å². The summed E-state index contributed by atoms with van der Waals surface area (Å²) in [7, 11) is 0. The third-order valence-electron chi connectivity index (χ3n) is 4.91. The second kappa shape index (κ2) is 10.3. The summed E-state index contributed by atoms with van der Waals surface area (Å²) in [6.45, 7) is 6.04. The van der Waals surface area contributed by atoms with Crippen molar-refractivity contribution < 1.29 is 17.9 Å². The third-order valence-corrected chi connectivity index (χ3v) is 4.91. The Balaban J connectivity index is 1.86. The first-order valence-corrected chi connectivity index (χ1v) is 10.6. The highest BCUT2D eigenvalue weighted by Crippen LogP contribution is 2.36. The van der Waals surface area contributed by atoms with E-state index in [0.717, 1.165) is 31.0 Å². The smallest absolute Gasteiger partial charge is 0.421 e. The van der Waals surface area contributed by atoms with Gasteiger partial charge in [-0.1, -0.05) is 38.5 Å². The Morgan fingerprint density at radius 1 is 1.00 bits per heavy atom. The summed E-state index contributed by atoms with van der Waals surface area (Å²) in [6, 6.07) is 14.4. The van der Waals surface area contributed by atoms with Gasteiger partial charge in [0.15, 0.2) is 0 Å². The molecule has 0 saturated heterocycles. The number of nitrogens with zero attached hydrogens (tertiary/aromatic N) is 2. The zero-order valence-electron chi connectivity index (χ0n) is 18.3. The monoisotopic (exact) mass is 444 g/mol. The molecule has 1 heterocycles. The van der Waals surface area contributed by atoms with Crippen LogP contribution in [0.3, 0.4) is 0 Å². The van der Waals surface area contributed by atoms with Crippen molar-refractivity contribution in [2.45, 2.75) is 52.3 Å². The second-order valence-corrected chi connectivity index (χ2v) is 7.47. The summed E-state index contributed by atoms with van der Waals surface area (Å²) < 4.78 is 46.5. The van der Waals surface area contributed by atoms with Crippen molar-refractivity contribution in [1.29, 1.82) is 0 Å². The Morgan fingerprint density at radius 3 is 2.38 bits per heavy atom. The number of benzene rings is 2. The van der Waals surface area contributed by atoms with E-state index in [1.54, 1.807) is 36.4 Å². The van der Waals surface area contributed by atoms with E-state index in [2.05, 4.69) is 20.6 Å². The molecule has 0 bridgehead atoms. The van der Waals surface area contributed by atoms with Crippen molar-refractivity contribution in [2.75, 3.05) is 10.6 Å². The highest BCUT2D eigenvalue weighted by atomic mass is 19.4. The quantitative estimate of drug-likeness (QED) is 0.368. The van der Waals surface area contributed by atoms with E-state index in [9.17, 15) is 13.2 Å². The lowest BCUT2D eigenvalue weighted by atomic mass is 10.1. The van der Waals surface area contributed by atoms with Gasteiger partial charge in [-0.25, -0.2) is 4.98 Å². The first-order chi connectivity index (χ1) is 15.3. The largest absolute Gasteiger partial charge is 0.491 e. The number of halogens is 3. The molecular formula is C24H27F3N4O. The van der Waals surface area contributed by atoms with Gasteiger partial charge in [-0.3, -0.25) is 0 Å². The number of aryl methyl sites for hydroxylation is 1. The van der Waals surface area contributed by atoms with Gasteiger partial charge in [0, 0.05) is 17.6 Å². The molecule has 0 aliphatic heterocycles. The van der Waals surface area contributed by atoms with Crippen LogP contribution in [0.4, 0.5) is 36.3 Å². The average molecular weight is 445 g/mol. The number of aromatic nitrogens is 2. The molecule has 0 amide bonds. The fraction of sp³-hybridized carbons (Fsp3) is 0.333. The molecule has 8 heteroatoms. The first-order valence-electron chi connectivity index (χ1n) is 10.6. The van der Waals surface area contributed by atoms with Crippen LogP contribution in [0.1, 0.15) is 44.7 Å². The van der Waals surface area contributed by atoms with Gasteiger partial charge in [-0.05, 0) is 55.7 Å². The molecule has 0 spiro atoms. The number of anilines is 4. The van der Waals surface area contributed by atoms with E-state index in [4.69, 9.17) is 4.74 Å². The van der Waals surface area contributed by atoms with E-state index in [-0.39, 0.29) is 17.9 Å². The standard InChI is InChI=1S/C24H27F3N4O/c1-4-8-17-9-6-7-10-21(17)30-22-20(24(25,26)27)15-28-23(31-22)29-18-11-13-19(14-12-18)32-16(3)5-2/h6-7,9-16H,4-5,8H2,1-3H3,(H2,28,29,30,31). The van der Waals surface area contributed by atoms with Crippen LogP contribution in [0.25, 0.3) is 0 Å². The number of rotatable bonds is 9. The van der Waals surface area contributed by atoms with Crippen LogP contribution in [-0.4, -0.2) is 16.1 Å². The van der Waals surface area contributed by atoms with Crippen molar-refractivity contribution in [3.8, 4) is 5.75 Å². The van der Waals surface area contributed by atoms with Crippen LogP contribution < -0.4 is 15.4 Å². The molecule has 3 aromatic rings. The van der Waals surface area contributed by atoms with Crippen LogP contribution in [0.5, 0.6) is 5.75 Å². The second-order valence-electron chi connectivity index (χ2n) is 7.47. The summed E-state index contributed by atoms with van der Waals surface area (Å²) in [5.41, 5.74) is 1.23. The van der Waals surface area contributed by atoms with Crippen molar-refractivity contribution in [1.82, 2.24) is 9.97 Å². The maximum atomic E-state index is 13.6. The Morgan fingerprint density at radius 2 is 1.72 bits per heavy atom. The first kappa shape index (κ1) is 23.4. The van der Waals surface area contributed by atoms with Gasteiger partial charge in [0.1, 0.15) is 17.1 Å². The molecule has 5 nitrogen and oxygen atoms in total. The van der Waals surface area contributed by atoms with Gasteiger partial charge in [-0.15, -0.1) is 0 Å². The van der Waals surface area contributed by atoms with Gasteiger partial charge in [0.05, 0.1) is 6.10 Å². The number of alkyl halides is 3. The number of para-hydroxylation sites is 1. The molecule has 170 valence electrons. The lowest BCUT2D eigenvalue weighted by Crippen LogP contribution is -2.13. The van der Waals surface area contributed by atoms with Crippen LogP contribution in [0.15, 0.2) is 54.7 Å². The molecule has 0 radical (unpaired) electrons. The lowest BCUT2D eigenvalue weighted by Gasteiger charge is -2.17. The molecule has 2 aromatic carbocycles. The summed E-state index contributed by atoms with van der Waals surface area (Å²) in [4.78, 5) is 8.00. The van der Waals surface area contributed by atoms with Crippen molar-refractivity contribution >= 4 is 23.1 Å². The highest BCUT2D eigenvalue weighted by Gasteiger charge is 2.35. The minimum Gasteiger partial charge on any atom is -0.491 e. The normalized spacial score (nSPS) is 12.3. The zero-order chi connectivity index (χ0) is 23.1. The summed E-state index contributed by atoms with van der Waals surface area (Å²) >= 11 is 0.